The molecule has 0 aliphatic heterocycles. The molecule has 2 rings (SSSR count). The highest BCUT2D eigenvalue weighted by Gasteiger charge is 2.13. The zero-order chi connectivity index (χ0) is 24.8. The van der Waals surface area contributed by atoms with Crippen molar-refractivity contribution in [2.45, 2.75) is 97.3 Å². The minimum Gasteiger partial charge on any atom is -0.473 e. The molecule has 0 fully saturated rings. The Kier molecular flexibility index (Phi) is 18.0. The summed E-state index contributed by atoms with van der Waals surface area (Å²) in [6.07, 6.45) is 20.2. The lowest BCUT2D eigenvalue weighted by atomic mass is 10.1. The van der Waals surface area contributed by atoms with Gasteiger partial charge in [-0.15, -0.1) is 0 Å². The first-order chi connectivity index (χ1) is 17.3. The second-order valence-electron chi connectivity index (χ2n) is 9.55. The van der Waals surface area contributed by atoms with Crippen LogP contribution >= 0.6 is 8.15 Å². The average Bonchev–Trinajstić information content (AvgIpc) is 2.88. The van der Waals surface area contributed by atoms with Crippen molar-refractivity contribution in [3.05, 3.63) is 42.5 Å². The summed E-state index contributed by atoms with van der Waals surface area (Å²) in [5.74, 6) is 1.03. The maximum Gasteiger partial charge on any atom is 0.131 e. The number of unbranched alkanes of at least 4 members (excludes halogenated alkanes) is 12. The van der Waals surface area contributed by atoms with Crippen LogP contribution in [0.15, 0.2) is 42.5 Å². The first-order valence-electron chi connectivity index (χ1n) is 14.4. The molecule has 2 aromatic rings. The summed E-state index contributed by atoms with van der Waals surface area (Å²) in [6, 6.07) is 14.9. The minimum atomic E-state index is -0.540. The normalized spacial score (nSPS) is 12.3. The Balaban J connectivity index is 1.65. The van der Waals surface area contributed by atoms with Gasteiger partial charge >= 0.3 is 0 Å². The van der Waals surface area contributed by atoms with Crippen LogP contribution in [0.1, 0.15) is 97.3 Å². The molecule has 4 heteroatoms. The molecule has 0 N–H and O–H groups in total. The van der Waals surface area contributed by atoms with E-state index in [0.29, 0.717) is 13.2 Å². The van der Waals surface area contributed by atoms with Gasteiger partial charge in [0.2, 0.25) is 0 Å². The van der Waals surface area contributed by atoms with Crippen LogP contribution in [-0.2, 0) is 9.47 Å². The van der Waals surface area contributed by atoms with Gasteiger partial charge in [-0.25, -0.2) is 0 Å². The summed E-state index contributed by atoms with van der Waals surface area (Å²) in [5.41, 5.74) is 0. The van der Waals surface area contributed by atoms with Gasteiger partial charge in [0.05, 0.1) is 28.0 Å². The molecule has 0 aromatic heterocycles. The third-order valence-electron chi connectivity index (χ3n) is 6.55. The maximum atomic E-state index is 6.62. The molecule has 1 atom stereocenters. The molecule has 1 unspecified atom stereocenters. The van der Waals surface area contributed by atoms with Gasteiger partial charge in [-0.1, -0.05) is 120 Å². The third kappa shape index (κ3) is 14.2. The van der Waals surface area contributed by atoms with Gasteiger partial charge < -0.3 is 14.0 Å². The van der Waals surface area contributed by atoms with Crippen molar-refractivity contribution in [2.75, 3.05) is 38.8 Å². The molecular weight excluding hydrogens is 451 g/mol. The Bertz CT molecular complexity index is 746. The largest absolute Gasteiger partial charge is 0.473 e. The van der Waals surface area contributed by atoms with E-state index < -0.39 is 8.15 Å². The van der Waals surface area contributed by atoms with E-state index in [2.05, 4.69) is 49.4 Å². The molecule has 0 amide bonds. The Morgan fingerprint density at radius 3 is 1.86 bits per heavy atom. The molecule has 0 radical (unpaired) electrons. The molecular formula is C31H51O3P. The summed E-state index contributed by atoms with van der Waals surface area (Å²) in [5, 5.41) is 2.46. The van der Waals surface area contributed by atoms with Gasteiger partial charge in [0, 0.05) is 24.3 Å². The standard InChI is InChI=1S/C31H51O3P/c1-3-5-6-7-8-9-10-11-12-13-14-15-18-27-35(28-26-33-25-24-32-4-2)34-31-23-19-21-29-20-16-17-22-30(29)31/h16-17,19-23H,3-15,18,24-28H2,1-2H3. The van der Waals surface area contributed by atoms with Crippen molar-refractivity contribution >= 4 is 18.9 Å². The minimum absolute atomic E-state index is 0.540. The van der Waals surface area contributed by atoms with Crippen molar-refractivity contribution in [1.29, 1.82) is 0 Å². The Labute approximate surface area is 217 Å². The van der Waals surface area contributed by atoms with Crippen molar-refractivity contribution in [3.8, 4) is 5.75 Å². The van der Waals surface area contributed by atoms with Gasteiger partial charge in [-0.05, 0) is 24.8 Å². The smallest absolute Gasteiger partial charge is 0.131 e. The highest BCUT2D eigenvalue weighted by atomic mass is 31.1. The maximum absolute atomic E-state index is 6.62. The van der Waals surface area contributed by atoms with Crippen LogP contribution in [-0.4, -0.2) is 38.8 Å². The fourth-order valence-corrected chi connectivity index (χ4v) is 6.21. The highest BCUT2D eigenvalue weighted by Crippen LogP contribution is 2.41. The zero-order valence-electron chi connectivity index (χ0n) is 22.6. The average molecular weight is 503 g/mol. The number of benzene rings is 2. The number of ether oxygens (including phenoxy) is 2. The molecule has 198 valence electrons. The van der Waals surface area contributed by atoms with Gasteiger partial charge in [-0.3, -0.25) is 0 Å². The Morgan fingerprint density at radius 1 is 0.571 bits per heavy atom. The summed E-state index contributed by atoms with van der Waals surface area (Å²) >= 11 is 0. The van der Waals surface area contributed by atoms with Crippen LogP contribution in [0.25, 0.3) is 10.8 Å². The summed E-state index contributed by atoms with van der Waals surface area (Å²) in [4.78, 5) is 0. The Morgan fingerprint density at radius 2 is 1.17 bits per heavy atom. The van der Waals surface area contributed by atoms with Crippen LogP contribution in [0, 0.1) is 0 Å². The topological polar surface area (TPSA) is 27.7 Å². The van der Waals surface area contributed by atoms with E-state index in [1.165, 1.54) is 94.2 Å². The van der Waals surface area contributed by atoms with Crippen LogP contribution in [0.3, 0.4) is 0 Å². The first-order valence-corrected chi connectivity index (χ1v) is 16.0. The quantitative estimate of drug-likeness (QED) is 0.112. The van der Waals surface area contributed by atoms with Crippen molar-refractivity contribution < 1.29 is 14.0 Å². The number of hydrogen-bond donors (Lipinski definition) is 0. The number of hydrogen-bond acceptors (Lipinski definition) is 3. The van der Waals surface area contributed by atoms with Crippen LogP contribution in [0.5, 0.6) is 5.75 Å². The number of rotatable bonds is 23. The second-order valence-corrected chi connectivity index (χ2v) is 11.6. The molecule has 0 bridgehead atoms. The molecule has 0 saturated carbocycles. The van der Waals surface area contributed by atoms with Crippen molar-refractivity contribution in [2.24, 2.45) is 0 Å². The predicted molar refractivity (Wildman–Crippen MR) is 154 cm³/mol. The lowest BCUT2D eigenvalue weighted by molar-refractivity contribution is 0.0589. The third-order valence-corrected chi connectivity index (χ3v) is 8.50. The van der Waals surface area contributed by atoms with E-state index in [1.807, 2.05) is 6.92 Å². The van der Waals surface area contributed by atoms with Crippen molar-refractivity contribution in [3.63, 3.8) is 0 Å². The molecule has 0 saturated heterocycles. The van der Waals surface area contributed by atoms with Gasteiger partial charge in [0.25, 0.3) is 0 Å². The van der Waals surface area contributed by atoms with E-state index in [4.69, 9.17) is 14.0 Å². The van der Waals surface area contributed by atoms with E-state index in [1.54, 1.807) is 0 Å². The molecule has 2 aromatic carbocycles. The summed E-state index contributed by atoms with van der Waals surface area (Å²) < 4.78 is 17.8. The van der Waals surface area contributed by atoms with E-state index in [-0.39, 0.29) is 0 Å². The van der Waals surface area contributed by atoms with E-state index in [0.717, 1.165) is 31.3 Å². The van der Waals surface area contributed by atoms with Crippen LogP contribution in [0.4, 0.5) is 0 Å². The molecule has 0 aliphatic carbocycles. The lowest BCUT2D eigenvalue weighted by Crippen LogP contribution is -2.09. The molecule has 0 heterocycles. The molecule has 0 aliphatic rings. The molecule has 3 nitrogen and oxygen atoms in total. The fourth-order valence-electron chi connectivity index (χ4n) is 4.45. The zero-order valence-corrected chi connectivity index (χ0v) is 23.5. The number of fused-ring (bicyclic) bond motifs is 1. The second kappa shape index (κ2) is 21.0. The molecule has 35 heavy (non-hydrogen) atoms. The van der Waals surface area contributed by atoms with E-state index in [9.17, 15) is 0 Å². The SMILES string of the molecule is CCCCCCCCCCCCCCCP(CCOCCOCC)Oc1cccc2ccccc12. The Hall–Kier alpha value is -1.15. The predicted octanol–water partition coefficient (Wildman–Crippen LogP) is 9.76. The molecule has 0 spiro atoms. The van der Waals surface area contributed by atoms with Crippen LogP contribution < -0.4 is 4.52 Å². The monoisotopic (exact) mass is 502 g/mol. The summed E-state index contributed by atoms with van der Waals surface area (Å²) in [7, 11) is -0.540. The first kappa shape index (κ1) is 30.1. The van der Waals surface area contributed by atoms with Gasteiger partial charge in [0.15, 0.2) is 0 Å². The van der Waals surface area contributed by atoms with Gasteiger partial charge in [-0.2, -0.15) is 0 Å². The van der Waals surface area contributed by atoms with E-state index >= 15 is 0 Å². The van der Waals surface area contributed by atoms with Crippen molar-refractivity contribution in [1.82, 2.24) is 0 Å². The lowest BCUT2D eigenvalue weighted by Gasteiger charge is -2.20. The fraction of sp³-hybridized carbons (Fsp3) is 0.677. The highest BCUT2D eigenvalue weighted by molar-refractivity contribution is 7.53. The van der Waals surface area contributed by atoms with Gasteiger partial charge in [0.1, 0.15) is 5.75 Å². The summed E-state index contributed by atoms with van der Waals surface area (Å²) in [6.45, 7) is 7.16. The van der Waals surface area contributed by atoms with Crippen LogP contribution in [0.2, 0.25) is 0 Å².